The Hall–Kier alpha value is -2.98. The molecule has 10 heteroatoms. The van der Waals surface area contributed by atoms with Crippen LogP contribution in [0.3, 0.4) is 0 Å². The van der Waals surface area contributed by atoms with E-state index in [9.17, 15) is 14.7 Å². The first-order valence-electron chi connectivity index (χ1n) is 9.93. The Morgan fingerprint density at radius 1 is 1.23 bits per heavy atom. The monoisotopic (exact) mass is 417 g/mol. The van der Waals surface area contributed by atoms with Crippen molar-refractivity contribution >= 4 is 17.6 Å². The summed E-state index contributed by atoms with van der Waals surface area (Å²) in [5, 5.41) is 21.9. The number of urea groups is 1. The van der Waals surface area contributed by atoms with Gasteiger partial charge in [0.1, 0.15) is 17.5 Å². The van der Waals surface area contributed by atoms with Gasteiger partial charge >= 0.3 is 6.03 Å². The summed E-state index contributed by atoms with van der Waals surface area (Å²) in [5.74, 6) is 0.324. The number of nitrogens with one attached hydrogen (secondary N) is 3. The van der Waals surface area contributed by atoms with Gasteiger partial charge in [0.15, 0.2) is 5.76 Å². The van der Waals surface area contributed by atoms with E-state index in [2.05, 4.69) is 26.1 Å². The number of carbonyl (C=O) groups excluding carboxylic acids is 2. The number of ether oxygens (including phenoxy) is 1. The fraction of sp³-hybridized carbons (Fsp3) is 0.500. The number of aryl methyl sites for hydroxylation is 2. The van der Waals surface area contributed by atoms with E-state index < -0.39 is 6.10 Å². The first-order chi connectivity index (χ1) is 14.5. The number of aliphatic hydroxyl groups is 1. The van der Waals surface area contributed by atoms with Gasteiger partial charge < -0.3 is 30.3 Å². The molecule has 0 bridgehead atoms. The molecule has 0 spiro atoms. The fourth-order valence-electron chi connectivity index (χ4n) is 3.43. The number of rotatable bonds is 7. The number of carbonyl (C=O) groups is 2. The molecule has 3 atom stereocenters. The Bertz CT molecular complexity index is 837. The van der Waals surface area contributed by atoms with Gasteiger partial charge in [-0.25, -0.2) is 4.79 Å². The molecule has 4 N–H and O–H groups in total. The quantitative estimate of drug-likeness (QED) is 0.536. The SMILES string of the molecule is Cc1noc(C)c1NC(=O)NCC[C@H]1CC[C@@H](NC(=O)c2ccncc2)[C@@H](CO)O1. The average Bonchev–Trinajstić information content (AvgIpc) is 3.07. The fourth-order valence-corrected chi connectivity index (χ4v) is 3.43. The van der Waals surface area contributed by atoms with E-state index in [0.717, 1.165) is 0 Å². The summed E-state index contributed by atoms with van der Waals surface area (Å²) in [4.78, 5) is 28.3. The van der Waals surface area contributed by atoms with Crippen LogP contribution in [-0.4, -0.2) is 58.6 Å². The van der Waals surface area contributed by atoms with Crippen LogP contribution in [0.15, 0.2) is 29.0 Å². The third-order valence-electron chi connectivity index (χ3n) is 5.08. The van der Waals surface area contributed by atoms with E-state index in [0.29, 0.717) is 48.5 Å². The average molecular weight is 417 g/mol. The lowest BCUT2D eigenvalue weighted by Crippen LogP contribution is -2.51. The van der Waals surface area contributed by atoms with Crippen LogP contribution in [0.25, 0.3) is 0 Å². The first-order valence-corrected chi connectivity index (χ1v) is 9.93. The first kappa shape index (κ1) is 21.7. The zero-order valence-corrected chi connectivity index (χ0v) is 17.1. The van der Waals surface area contributed by atoms with Crippen LogP contribution in [-0.2, 0) is 4.74 Å². The van der Waals surface area contributed by atoms with Crippen LogP contribution >= 0.6 is 0 Å². The minimum atomic E-state index is -0.495. The maximum atomic E-state index is 12.3. The molecule has 30 heavy (non-hydrogen) atoms. The molecule has 10 nitrogen and oxygen atoms in total. The van der Waals surface area contributed by atoms with Gasteiger partial charge in [-0.15, -0.1) is 0 Å². The lowest BCUT2D eigenvalue weighted by atomic mass is 9.97. The van der Waals surface area contributed by atoms with Crippen LogP contribution < -0.4 is 16.0 Å². The summed E-state index contributed by atoms with van der Waals surface area (Å²) < 4.78 is 11.0. The summed E-state index contributed by atoms with van der Waals surface area (Å²) in [6, 6.07) is 2.65. The Labute approximate surface area is 174 Å². The second-order valence-electron chi connectivity index (χ2n) is 7.24. The Balaban J connectivity index is 1.42. The maximum absolute atomic E-state index is 12.3. The molecular weight excluding hydrogens is 390 g/mol. The maximum Gasteiger partial charge on any atom is 0.319 e. The molecule has 0 aromatic carbocycles. The predicted molar refractivity (Wildman–Crippen MR) is 108 cm³/mol. The molecule has 162 valence electrons. The Morgan fingerprint density at radius 3 is 2.67 bits per heavy atom. The van der Waals surface area contributed by atoms with Crippen molar-refractivity contribution < 1.29 is 24.0 Å². The number of nitrogens with zero attached hydrogens (tertiary/aromatic N) is 2. The molecule has 2 aromatic heterocycles. The highest BCUT2D eigenvalue weighted by Gasteiger charge is 2.32. The molecule has 3 rings (SSSR count). The molecular formula is C20H27N5O5. The normalized spacial score (nSPS) is 21.1. The smallest absolute Gasteiger partial charge is 0.319 e. The highest BCUT2D eigenvalue weighted by Crippen LogP contribution is 2.22. The summed E-state index contributed by atoms with van der Waals surface area (Å²) in [5.41, 5.74) is 1.69. The molecule has 0 aliphatic carbocycles. The van der Waals surface area contributed by atoms with E-state index in [4.69, 9.17) is 9.26 Å². The third kappa shape index (κ3) is 5.55. The molecule has 0 unspecified atom stereocenters. The zero-order valence-electron chi connectivity index (χ0n) is 17.1. The minimum Gasteiger partial charge on any atom is -0.394 e. The van der Waals surface area contributed by atoms with Crippen molar-refractivity contribution in [3.63, 3.8) is 0 Å². The van der Waals surface area contributed by atoms with Gasteiger partial charge in [0.05, 0.1) is 18.8 Å². The number of hydrogen-bond donors (Lipinski definition) is 4. The van der Waals surface area contributed by atoms with Crippen molar-refractivity contribution in [1.82, 2.24) is 20.8 Å². The Kier molecular flexibility index (Phi) is 7.36. The molecule has 3 heterocycles. The lowest BCUT2D eigenvalue weighted by molar-refractivity contribution is -0.0892. The van der Waals surface area contributed by atoms with Gasteiger partial charge in [0.2, 0.25) is 0 Å². The van der Waals surface area contributed by atoms with E-state index >= 15 is 0 Å². The number of hydrogen-bond acceptors (Lipinski definition) is 7. The van der Waals surface area contributed by atoms with Crippen molar-refractivity contribution in [1.29, 1.82) is 0 Å². The summed E-state index contributed by atoms with van der Waals surface area (Å²) in [7, 11) is 0. The van der Waals surface area contributed by atoms with Crippen LogP contribution in [0.1, 0.15) is 41.1 Å². The van der Waals surface area contributed by atoms with Gasteiger partial charge in [0.25, 0.3) is 5.91 Å². The largest absolute Gasteiger partial charge is 0.394 e. The van der Waals surface area contributed by atoms with Crippen molar-refractivity contribution in [2.75, 3.05) is 18.5 Å². The van der Waals surface area contributed by atoms with Gasteiger partial charge in [-0.2, -0.15) is 0 Å². The molecule has 0 saturated carbocycles. The van der Waals surface area contributed by atoms with Crippen molar-refractivity contribution in [2.45, 2.75) is 51.4 Å². The summed E-state index contributed by atoms with van der Waals surface area (Å²) in [6.07, 6.45) is 4.49. The van der Waals surface area contributed by atoms with Crippen LogP contribution in [0.4, 0.5) is 10.5 Å². The topological polar surface area (TPSA) is 139 Å². The number of amides is 3. The lowest BCUT2D eigenvalue weighted by Gasteiger charge is -2.36. The van der Waals surface area contributed by atoms with Crippen molar-refractivity contribution in [3.8, 4) is 0 Å². The van der Waals surface area contributed by atoms with Crippen molar-refractivity contribution in [2.24, 2.45) is 0 Å². The number of pyridine rings is 1. The predicted octanol–water partition coefficient (Wildman–Crippen LogP) is 1.54. The van der Waals surface area contributed by atoms with Gasteiger partial charge in [-0.1, -0.05) is 5.16 Å². The van der Waals surface area contributed by atoms with Crippen molar-refractivity contribution in [3.05, 3.63) is 41.5 Å². The van der Waals surface area contributed by atoms with Crippen LogP contribution in [0.5, 0.6) is 0 Å². The van der Waals surface area contributed by atoms with E-state index in [1.54, 1.807) is 38.4 Å². The number of aliphatic hydroxyl groups excluding tert-OH is 1. The summed E-state index contributed by atoms with van der Waals surface area (Å²) in [6.45, 7) is 3.69. The molecule has 1 fully saturated rings. The minimum absolute atomic E-state index is 0.115. The second kappa shape index (κ2) is 10.2. The van der Waals surface area contributed by atoms with Crippen LogP contribution in [0.2, 0.25) is 0 Å². The molecule has 1 aliphatic heterocycles. The van der Waals surface area contributed by atoms with E-state index in [1.165, 1.54) is 0 Å². The van der Waals surface area contributed by atoms with Crippen LogP contribution in [0, 0.1) is 13.8 Å². The second-order valence-corrected chi connectivity index (χ2v) is 7.24. The zero-order chi connectivity index (χ0) is 21.5. The number of aromatic nitrogens is 2. The van der Waals surface area contributed by atoms with Gasteiger partial charge in [-0.3, -0.25) is 9.78 Å². The molecule has 2 aromatic rings. The van der Waals surface area contributed by atoms with Gasteiger partial charge in [-0.05, 0) is 45.2 Å². The van der Waals surface area contributed by atoms with E-state index in [-0.39, 0.29) is 30.7 Å². The molecule has 1 saturated heterocycles. The van der Waals surface area contributed by atoms with Gasteiger partial charge in [0, 0.05) is 24.5 Å². The van der Waals surface area contributed by atoms with E-state index in [1.807, 2.05) is 0 Å². The molecule has 1 aliphatic rings. The number of anilines is 1. The Morgan fingerprint density at radius 2 is 2.00 bits per heavy atom. The summed E-state index contributed by atoms with van der Waals surface area (Å²) >= 11 is 0. The third-order valence-corrected chi connectivity index (χ3v) is 5.08. The highest BCUT2D eigenvalue weighted by molar-refractivity contribution is 5.94. The highest BCUT2D eigenvalue weighted by atomic mass is 16.5. The standard InChI is InChI=1S/C20H27N5O5/c1-12-18(13(2)30-25-12)24-20(28)22-10-7-15-3-4-16(17(11-26)29-15)23-19(27)14-5-8-21-9-6-14/h5-6,8-9,15-17,26H,3-4,7,10-11H2,1-2H3,(H,23,27)(H2,22,24,28)/t15-,16-,17-/m1/s1. The molecule has 0 radical (unpaired) electrons. The molecule has 3 amide bonds.